The van der Waals surface area contributed by atoms with E-state index >= 15 is 0 Å². The van der Waals surface area contributed by atoms with Crippen LogP contribution in [0.4, 0.5) is 0 Å². The van der Waals surface area contributed by atoms with E-state index in [4.69, 9.17) is 0 Å². The highest BCUT2D eigenvalue weighted by Gasteiger charge is 2.46. The summed E-state index contributed by atoms with van der Waals surface area (Å²) in [5.74, 6) is 4.31. The lowest BCUT2D eigenvalue weighted by Gasteiger charge is -2.41. The third kappa shape index (κ3) is 2.83. The van der Waals surface area contributed by atoms with E-state index in [-0.39, 0.29) is 0 Å². The summed E-state index contributed by atoms with van der Waals surface area (Å²) in [6, 6.07) is 0. The second-order valence-electron chi connectivity index (χ2n) is 9.18. The molecule has 3 saturated carbocycles. The molecule has 6 atom stereocenters. The SMILES string of the molecule is CC1CCC2/C(=C/C=C3/C[C@@H](C)C[C@H](C)[C@H]3C)CCCC12C. The molecule has 3 unspecified atom stereocenters. The van der Waals surface area contributed by atoms with Gasteiger partial charge in [-0.1, -0.05) is 57.9 Å². The van der Waals surface area contributed by atoms with Gasteiger partial charge in [0.2, 0.25) is 0 Å². The molecule has 22 heavy (non-hydrogen) atoms. The average molecular weight is 301 g/mol. The fourth-order valence-corrected chi connectivity index (χ4v) is 5.81. The van der Waals surface area contributed by atoms with E-state index in [9.17, 15) is 0 Å². The van der Waals surface area contributed by atoms with Crippen LogP contribution in [0.3, 0.4) is 0 Å². The zero-order valence-corrected chi connectivity index (χ0v) is 15.5. The molecule has 0 aromatic carbocycles. The number of fused-ring (bicyclic) bond motifs is 1. The zero-order valence-electron chi connectivity index (χ0n) is 15.5. The first-order valence-electron chi connectivity index (χ1n) is 9.81. The van der Waals surface area contributed by atoms with Gasteiger partial charge in [-0.05, 0) is 80.0 Å². The van der Waals surface area contributed by atoms with Gasteiger partial charge in [0.15, 0.2) is 0 Å². The second-order valence-corrected chi connectivity index (χ2v) is 9.18. The molecule has 0 aliphatic heterocycles. The van der Waals surface area contributed by atoms with Gasteiger partial charge >= 0.3 is 0 Å². The first-order chi connectivity index (χ1) is 10.4. The Morgan fingerprint density at radius 3 is 2.50 bits per heavy atom. The summed E-state index contributed by atoms with van der Waals surface area (Å²) in [6.45, 7) is 12.4. The number of rotatable bonds is 1. The standard InChI is InChI=1S/C22H36/c1-15-13-16(2)18(4)20(14-15)10-9-19-7-6-12-22(5)17(3)8-11-21(19)22/h9-10,15-18,21H,6-8,11-14H2,1-5H3/b19-9+,20-10-/t15-,16-,17?,18+,21?,22?/m0/s1. The van der Waals surface area contributed by atoms with E-state index in [1.807, 2.05) is 0 Å². The Labute approximate surface area is 138 Å². The highest BCUT2D eigenvalue weighted by molar-refractivity contribution is 5.26. The van der Waals surface area contributed by atoms with Crippen LogP contribution in [-0.4, -0.2) is 0 Å². The van der Waals surface area contributed by atoms with E-state index in [0.29, 0.717) is 5.41 Å². The Balaban J connectivity index is 1.81. The van der Waals surface area contributed by atoms with Crippen molar-refractivity contribution in [2.45, 2.75) is 79.6 Å². The van der Waals surface area contributed by atoms with Gasteiger partial charge in [-0.3, -0.25) is 0 Å². The Hall–Kier alpha value is -0.520. The second kappa shape index (κ2) is 6.17. The zero-order chi connectivity index (χ0) is 15.9. The summed E-state index contributed by atoms with van der Waals surface area (Å²) in [4.78, 5) is 0. The molecule has 0 heteroatoms. The molecule has 0 nitrogen and oxygen atoms in total. The lowest BCUT2D eigenvalue weighted by molar-refractivity contribution is 0.147. The quantitative estimate of drug-likeness (QED) is 0.501. The third-order valence-corrected chi connectivity index (χ3v) is 7.75. The maximum atomic E-state index is 2.57. The predicted octanol–water partition coefficient (Wildman–Crippen LogP) is 6.78. The van der Waals surface area contributed by atoms with E-state index in [1.54, 1.807) is 11.1 Å². The summed E-state index contributed by atoms with van der Waals surface area (Å²) >= 11 is 0. The lowest BCUT2D eigenvalue weighted by Crippen LogP contribution is -2.32. The van der Waals surface area contributed by atoms with Gasteiger partial charge in [0.1, 0.15) is 0 Å². The molecule has 0 aromatic rings. The van der Waals surface area contributed by atoms with Crippen molar-refractivity contribution in [2.24, 2.45) is 35.0 Å². The Bertz CT molecular complexity index is 468. The van der Waals surface area contributed by atoms with Crippen molar-refractivity contribution in [2.75, 3.05) is 0 Å². The minimum absolute atomic E-state index is 0.599. The van der Waals surface area contributed by atoms with Crippen molar-refractivity contribution in [1.82, 2.24) is 0 Å². The van der Waals surface area contributed by atoms with Crippen molar-refractivity contribution in [3.05, 3.63) is 23.3 Å². The van der Waals surface area contributed by atoms with Crippen LogP contribution in [0.15, 0.2) is 23.3 Å². The Morgan fingerprint density at radius 2 is 1.73 bits per heavy atom. The van der Waals surface area contributed by atoms with Crippen LogP contribution < -0.4 is 0 Å². The molecule has 0 saturated heterocycles. The molecule has 0 heterocycles. The molecule has 0 amide bonds. The first-order valence-corrected chi connectivity index (χ1v) is 9.81. The molecule has 3 aliphatic carbocycles. The molecule has 0 radical (unpaired) electrons. The third-order valence-electron chi connectivity index (χ3n) is 7.75. The molecule has 0 N–H and O–H groups in total. The monoisotopic (exact) mass is 300 g/mol. The van der Waals surface area contributed by atoms with Gasteiger partial charge in [-0.15, -0.1) is 0 Å². The van der Waals surface area contributed by atoms with Gasteiger partial charge in [-0.25, -0.2) is 0 Å². The van der Waals surface area contributed by atoms with Crippen molar-refractivity contribution in [3.63, 3.8) is 0 Å². The number of allylic oxidation sites excluding steroid dienone is 4. The molecule has 3 fully saturated rings. The van der Waals surface area contributed by atoms with Gasteiger partial charge in [-0.2, -0.15) is 0 Å². The molecule has 3 rings (SSSR count). The molecule has 3 aliphatic rings. The molecule has 0 aromatic heterocycles. The van der Waals surface area contributed by atoms with Gasteiger partial charge in [0, 0.05) is 0 Å². The fraction of sp³-hybridized carbons (Fsp3) is 0.818. The van der Waals surface area contributed by atoms with Gasteiger partial charge in [0.25, 0.3) is 0 Å². The molecule has 0 spiro atoms. The minimum Gasteiger partial charge on any atom is -0.0669 e. The fourth-order valence-electron chi connectivity index (χ4n) is 5.81. The topological polar surface area (TPSA) is 0 Å². The van der Waals surface area contributed by atoms with E-state index in [1.165, 1.54) is 44.9 Å². The van der Waals surface area contributed by atoms with Crippen LogP contribution in [-0.2, 0) is 0 Å². The van der Waals surface area contributed by atoms with Crippen LogP contribution >= 0.6 is 0 Å². The minimum atomic E-state index is 0.599. The van der Waals surface area contributed by atoms with Crippen LogP contribution in [0.25, 0.3) is 0 Å². The Morgan fingerprint density at radius 1 is 1.00 bits per heavy atom. The maximum Gasteiger partial charge on any atom is -0.0143 e. The first kappa shape index (κ1) is 16.3. The predicted molar refractivity (Wildman–Crippen MR) is 96.7 cm³/mol. The maximum absolute atomic E-state index is 2.57. The van der Waals surface area contributed by atoms with E-state index in [2.05, 4.69) is 46.8 Å². The van der Waals surface area contributed by atoms with Crippen molar-refractivity contribution in [1.29, 1.82) is 0 Å². The molecule has 124 valence electrons. The molecular formula is C22H36. The van der Waals surface area contributed by atoms with Gasteiger partial charge < -0.3 is 0 Å². The Kier molecular flexibility index (Phi) is 4.59. The highest BCUT2D eigenvalue weighted by atomic mass is 14.5. The normalized spacial score (nSPS) is 49.6. The van der Waals surface area contributed by atoms with E-state index in [0.717, 1.165) is 29.6 Å². The largest absolute Gasteiger partial charge is 0.0669 e. The van der Waals surface area contributed by atoms with Crippen molar-refractivity contribution in [3.8, 4) is 0 Å². The number of hydrogen-bond donors (Lipinski definition) is 0. The number of hydrogen-bond acceptors (Lipinski definition) is 0. The van der Waals surface area contributed by atoms with Crippen LogP contribution in [0, 0.1) is 35.0 Å². The van der Waals surface area contributed by atoms with Gasteiger partial charge in [0.05, 0.1) is 0 Å². The van der Waals surface area contributed by atoms with E-state index < -0.39 is 0 Å². The van der Waals surface area contributed by atoms with Crippen LogP contribution in [0.2, 0.25) is 0 Å². The smallest absolute Gasteiger partial charge is 0.0143 e. The van der Waals surface area contributed by atoms with Crippen LogP contribution in [0.1, 0.15) is 79.6 Å². The van der Waals surface area contributed by atoms with Crippen molar-refractivity contribution >= 4 is 0 Å². The summed E-state index contributed by atoms with van der Waals surface area (Å²) < 4.78 is 0. The average Bonchev–Trinajstić information content (AvgIpc) is 2.77. The molecular weight excluding hydrogens is 264 g/mol. The lowest BCUT2D eigenvalue weighted by atomic mass is 9.64. The summed E-state index contributed by atoms with van der Waals surface area (Å²) in [5, 5.41) is 0. The van der Waals surface area contributed by atoms with Crippen LogP contribution in [0.5, 0.6) is 0 Å². The molecule has 0 bridgehead atoms. The van der Waals surface area contributed by atoms with Crippen molar-refractivity contribution < 1.29 is 0 Å². The highest BCUT2D eigenvalue weighted by Crippen LogP contribution is 2.57. The summed E-state index contributed by atoms with van der Waals surface area (Å²) in [5.41, 5.74) is 4.10. The summed E-state index contributed by atoms with van der Waals surface area (Å²) in [7, 11) is 0. The summed E-state index contributed by atoms with van der Waals surface area (Å²) in [6.07, 6.45) is 15.0.